The molecule has 4 rings (SSSR count). The first-order valence-corrected chi connectivity index (χ1v) is 7.08. The van der Waals surface area contributed by atoms with Crippen LogP contribution < -0.4 is 0 Å². The maximum Gasteiger partial charge on any atom is 0.258 e. The third-order valence-corrected chi connectivity index (χ3v) is 3.49. The number of nitrogens with zero attached hydrogens (tertiary/aromatic N) is 5. The van der Waals surface area contributed by atoms with Gasteiger partial charge < -0.3 is 4.52 Å². The summed E-state index contributed by atoms with van der Waals surface area (Å²) in [5.41, 5.74) is 2.58. The fourth-order valence-electron chi connectivity index (χ4n) is 2.35. The molecule has 0 atom stereocenters. The Labute approximate surface area is 126 Å². The Morgan fingerprint density at radius 1 is 1.00 bits per heavy atom. The van der Waals surface area contributed by atoms with E-state index in [1.165, 1.54) is 0 Å². The van der Waals surface area contributed by atoms with Gasteiger partial charge in [-0.2, -0.15) is 4.98 Å². The molecule has 0 bridgehead atoms. The average molecular weight is 291 g/mol. The second kappa shape index (κ2) is 5.07. The Bertz CT molecular complexity index is 926. The summed E-state index contributed by atoms with van der Waals surface area (Å²) in [4.78, 5) is 4.47. The zero-order chi connectivity index (χ0) is 14.9. The van der Waals surface area contributed by atoms with E-state index < -0.39 is 0 Å². The summed E-state index contributed by atoms with van der Waals surface area (Å²) in [7, 11) is 0. The zero-order valence-electron chi connectivity index (χ0n) is 12.0. The molecule has 3 heterocycles. The van der Waals surface area contributed by atoms with Gasteiger partial charge in [-0.25, -0.2) is 0 Å². The highest BCUT2D eigenvalue weighted by Gasteiger charge is 2.12. The second-order valence-electron chi connectivity index (χ2n) is 4.90. The molecule has 4 aromatic rings. The minimum absolute atomic E-state index is 0.509. The van der Waals surface area contributed by atoms with Gasteiger partial charge in [-0.05, 0) is 24.3 Å². The molecule has 0 unspecified atom stereocenters. The van der Waals surface area contributed by atoms with Crippen molar-refractivity contribution >= 4 is 5.65 Å². The lowest BCUT2D eigenvalue weighted by Crippen LogP contribution is -1.93. The van der Waals surface area contributed by atoms with Crippen molar-refractivity contribution in [2.24, 2.45) is 0 Å². The van der Waals surface area contributed by atoms with Gasteiger partial charge >= 0.3 is 0 Å². The molecular formula is C16H13N5O. The number of hydrogen-bond donors (Lipinski definition) is 0. The summed E-state index contributed by atoms with van der Waals surface area (Å²) in [5, 5.41) is 12.3. The minimum atomic E-state index is 0.509. The van der Waals surface area contributed by atoms with Gasteiger partial charge in [0.25, 0.3) is 5.89 Å². The van der Waals surface area contributed by atoms with E-state index in [0.29, 0.717) is 11.7 Å². The number of rotatable bonds is 3. The van der Waals surface area contributed by atoms with Crippen LogP contribution in [0.1, 0.15) is 12.7 Å². The van der Waals surface area contributed by atoms with Crippen LogP contribution in [0.2, 0.25) is 0 Å². The van der Waals surface area contributed by atoms with Gasteiger partial charge in [0.15, 0.2) is 5.65 Å². The normalized spacial score (nSPS) is 11.1. The van der Waals surface area contributed by atoms with Crippen LogP contribution in [-0.4, -0.2) is 24.7 Å². The molecule has 0 aliphatic carbocycles. The van der Waals surface area contributed by atoms with E-state index in [-0.39, 0.29) is 0 Å². The first-order valence-electron chi connectivity index (χ1n) is 7.08. The largest absolute Gasteiger partial charge is 0.334 e. The van der Waals surface area contributed by atoms with Crippen LogP contribution in [0.25, 0.3) is 28.5 Å². The molecule has 0 spiro atoms. The smallest absolute Gasteiger partial charge is 0.258 e. The fraction of sp³-hybridized carbons (Fsp3) is 0.125. The molecule has 0 amide bonds. The van der Waals surface area contributed by atoms with Crippen molar-refractivity contribution in [1.82, 2.24) is 24.7 Å². The lowest BCUT2D eigenvalue weighted by Gasteiger charge is -1.98. The lowest BCUT2D eigenvalue weighted by atomic mass is 10.2. The Kier molecular flexibility index (Phi) is 2.93. The quantitative estimate of drug-likeness (QED) is 0.580. The maximum absolute atomic E-state index is 5.35. The van der Waals surface area contributed by atoms with Gasteiger partial charge in [-0.3, -0.25) is 4.40 Å². The number of benzene rings is 1. The minimum Gasteiger partial charge on any atom is -0.334 e. The molecular weight excluding hydrogens is 278 g/mol. The van der Waals surface area contributed by atoms with Gasteiger partial charge in [-0.15, -0.1) is 10.2 Å². The molecule has 108 valence electrons. The van der Waals surface area contributed by atoms with Crippen LogP contribution in [0.4, 0.5) is 0 Å². The van der Waals surface area contributed by atoms with E-state index in [2.05, 4.69) is 20.3 Å². The highest BCUT2D eigenvalue weighted by molar-refractivity contribution is 5.60. The third kappa shape index (κ3) is 2.05. The van der Waals surface area contributed by atoms with Crippen LogP contribution in [-0.2, 0) is 6.42 Å². The van der Waals surface area contributed by atoms with Gasteiger partial charge in [-0.1, -0.05) is 30.3 Å². The molecule has 0 aliphatic rings. The molecule has 0 aliphatic heterocycles. The van der Waals surface area contributed by atoms with E-state index in [0.717, 1.165) is 29.0 Å². The Balaban J connectivity index is 1.77. The third-order valence-electron chi connectivity index (χ3n) is 3.49. The number of aromatic nitrogens is 5. The first-order chi connectivity index (χ1) is 10.8. The van der Waals surface area contributed by atoms with Crippen molar-refractivity contribution in [2.75, 3.05) is 0 Å². The lowest BCUT2D eigenvalue weighted by molar-refractivity contribution is 0.432. The Hall–Kier alpha value is -3.02. The van der Waals surface area contributed by atoms with Crippen molar-refractivity contribution in [2.45, 2.75) is 13.3 Å². The highest BCUT2D eigenvalue weighted by Crippen LogP contribution is 2.22. The fourth-order valence-corrected chi connectivity index (χ4v) is 2.35. The number of hydrogen-bond acceptors (Lipinski definition) is 5. The number of pyridine rings is 1. The highest BCUT2D eigenvalue weighted by atomic mass is 16.5. The predicted molar refractivity (Wildman–Crippen MR) is 81.1 cm³/mol. The average Bonchev–Trinajstić information content (AvgIpc) is 3.22. The summed E-state index contributed by atoms with van der Waals surface area (Å²) in [6.45, 7) is 2.05. The molecule has 6 heteroatoms. The molecule has 0 saturated heterocycles. The summed E-state index contributed by atoms with van der Waals surface area (Å²) in [6.07, 6.45) is 2.75. The monoisotopic (exact) mass is 291 g/mol. The van der Waals surface area contributed by atoms with Crippen LogP contribution >= 0.6 is 0 Å². The number of aryl methyl sites for hydroxylation is 1. The molecule has 0 fully saturated rings. The maximum atomic E-state index is 5.35. The summed E-state index contributed by atoms with van der Waals surface area (Å²) >= 11 is 0. The standard InChI is InChI=1S/C16H13N5O/c1-2-13-18-19-14-9-8-12(10-21(13)14)15-17-16(22-20-15)11-6-4-3-5-7-11/h3-10H,2H2,1H3. The van der Waals surface area contributed by atoms with E-state index >= 15 is 0 Å². The predicted octanol–water partition coefficient (Wildman–Crippen LogP) is 3.01. The van der Waals surface area contributed by atoms with Crippen molar-refractivity contribution < 1.29 is 4.52 Å². The van der Waals surface area contributed by atoms with E-state index in [1.54, 1.807) is 0 Å². The molecule has 0 radical (unpaired) electrons. The molecule has 0 saturated carbocycles. The summed E-state index contributed by atoms with van der Waals surface area (Å²) in [6, 6.07) is 13.5. The van der Waals surface area contributed by atoms with Gasteiger partial charge in [0, 0.05) is 23.7 Å². The molecule has 3 aromatic heterocycles. The Morgan fingerprint density at radius 2 is 1.86 bits per heavy atom. The molecule has 1 aromatic carbocycles. The van der Waals surface area contributed by atoms with E-state index in [9.17, 15) is 0 Å². The topological polar surface area (TPSA) is 69.1 Å². The number of fused-ring (bicyclic) bond motifs is 1. The molecule has 6 nitrogen and oxygen atoms in total. The molecule has 0 N–H and O–H groups in total. The van der Waals surface area contributed by atoms with Crippen molar-refractivity contribution in [1.29, 1.82) is 0 Å². The summed E-state index contributed by atoms with van der Waals surface area (Å²) in [5.74, 6) is 1.97. The van der Waals surface area contributed by atoms with E-state index in [4.69, 9.17) is 4.52 Å². The van der Waals surface area contributed by atoms with E-state index in [1.807, 2.05) is 60.0 Å². The van der Waals surface area contributed by atoms with Crippen molar-refractivity contribution in [3.8, 4) is 22.8 Å². The zero-order valence-corrected chi connectivity index (χ0v) is 12.0. The Morgan fingerprint density at radius 3 is 2.68 bits per heavy atom. The van der Waals surface area contributed by atoms with Gasteiger partial charge in [0.2, 0.25) is 5.82 Å². The van der Waals surface area contributed by atoms with Crippen LogP contribution in [0.5, 0.6) is 0 Å². The molecule has 22 heavy (non-hydrogen) atoms. The van der Waals surface area contributed by atoms with Crippen molar-refractivity contribution in [3.63, 3.8) is 0 Å². The second-order valence-corrected chi connectivity index (χ2v) is 4.90. The van der Waals surface area contributed by atoms with Crippen molar-refractivity contribution in [3.05, 3.63) is 54.5 Å². The summed E-state index contributed by atoms with van der Waals surface area (Å²) < 4.78 is 7.31. The first kappa shape index (κ1) is 12.7. The van der Waals surface area contributed by atoms with Crippen LogP contribution in [0.3, 0.4) is 0 Å². The van der Waals surface area contributed by atoms with Gasteiger partial charge in [0.1, 0.15) is 5.82 Å². The van der Waals surface area contributed by atoms with Crippen LogP contribution in [0, 0.1) is 0 Å². The SMILES string of the molecule is CCc1nnc2ccc(-c3noc(-c4ccccc4)n3)cn12. The van der Waals surface area contributed by atoms with Gasteiger partial charge in [0.05, 0.1) is 0 Å². The van der Waals surface area contributed by atoms with Crippen LogP contribution in [0.15, 0.2) is 53.2 Å².